The molecule has 0 aliphatic heterocycles. The lowest BCUT2D eigenvalue weighted by Gasteiger charge is -2.30. The maximum Gasteiger partial charge on any atom is 0.251 e. The largest absolute Gasteiger partial charge is 0.392 e. The maximum absolute atomic E-state index is 13.4. The molecule has 0 bridgehead atoms. The number of halogens is 1. The first kappa shape index (κ1) is 15.9. The molecule has 1 aromatic rings. The van der Waals surface area contributed by atoms with Crippen LogP contribution in [0.1, 0.15) is 48.0 Å². The second kappa shape index (κ2) is 6.98. The molecule has 1 fully saturated rings. The third kappa shape index (κ3) is 4.24. The molecule has 1 unspecified atom stereocenters. The van der Waals surface area contributed by atoms with Gasteiger partial charge >= 0.3 is 0 Å². The van der Waals surface area contributed by atoms with E-state index in [4.69, 9.17) is 18.0 Å². The molecule has 1 saturated carbocycles. The van der Waals surface area contributed by atoms with Crippen molar-refractivity contribution in [3.8, 4) is 0 Å². The third-order valence-electron chi connectivity index (χ3n) is 4.02. The predicted molar refractivity (Wildman–Crippen MR) is 85.8 cm³/mol. The monoisotopic (exact) mass is 308 g/mol. The smallest absolute Gasteiger partial charge is 0.251 e. The van der Waals surface area contributed by atoms with E-state index in [9.17, 15) is 9.18 Å². The van der Waals surface area contributed by atoms with E-state index >= 15 is 0 Å². The summed E-state index contributed by atoms with van der Waals surface area (Å²) >= 11 is 5.11. The van der Waals surface area contributed by atoms with Gasteiger partial charge in [-0.2, -0.15) is 0 Å². The molecule has 2 rings (SSSR count). The van der Waals surface area contributed by atoms with Crippen LogP contribution in [-0.4, -0.2) is 16.9 Å². The fourth-order valence-electron chi connectivity index (χ4n) is 2.98. The summed E-state index contributed by atoms with van der Waals surface area (Å²) in [6.07, 6.45) is 5.53. The lowest BCUT2D eigenvalue weighted by Crippen LogP contribution is -2.48. The average molecular weight is 308 g/mol. The molecule has 0 saturated heterocycles. The zero-order chi connectivity index (χ0) is 15.4. The Morgan fingerprint density at radius 1 is 1.33 bits per heavy atom. The van der Waals surface area contributed by atoms with Crippen molar-refractivity contribution in [1.82, 2.24) is 5.32 Å². The van der Waals surface area contributed by atoms with Crippen LogP contribution in [0.15, 0.2) is 18.2 Å². The SMILES string of the molecule is Cc1cc(F)cc(C(=O)NC(C(N)=S)C2CCCCC2)c1. The minimum absolute atomic E-state index is 0.287. The molecule has 3 N–H and O–H groups in total. The van der Waals surface area contributed by atoms with Crippen LogP contribution < -0.4 is 11.1 Å². The number of carbonyl (C=O) groups is 1. The molecule has 1 aliphatic carbocycles. The molecule has 114 valence electrons. The first-order valence-corrected chi connectivity index (χ1v) is 7.75. The summed E-state index contributed by atoms with van der Waals surface area (Å²) in [7, 11) is 0. The second-order valence-corrected chi connectivity index (χ2v) is 6.24. The topological polar surface area (TPSA) is 55.1 Å². The molecule has 0 radical (unpaired) electrons. The van der Waals surface area contributed by atoms with Gasteiger partial charge in [-0.05, 0) is 49.4 Å². The Kier molecular flexibility index (Phi) is 5.28. The van der Waals surface area contributed by atoms with Crippen molar-refractivity contribution in [2.75, 3.05) is 0 Å². The van der Waals surface area contributed by atoms with Crippen LogP contribution in [0.2, 0.25) is 0 Å². The molecular formula is C16H21FN2OS. The second-order valence-electron chi connectivity index (χ2n) is 5.77. The van der Waals surface area contributed by atoms with Gasteiger partial charge in [0.1, 0.15) is 5.82 Å². The Hall–Kier alpha value is -1.49. The van der Waals surface area contributed by atoms with Crippen LogP contribution in [0.4, 0.5) is 4.39 Å². The quantitative estimate of drug-likeness (QED) is 0.840. The predicted octanol–water partition coefficient (Wildman–Crippen LogP) is 3.10. The first-order chi connectivity index (χ1) is 9.97. The summed E-state index contributed by atoms with van der Waals surface area (Å²) in [4.78, 5) is 12.6. The average Bonchev–Trinajstić information content (AvgIpc) is 2.44. The number of benzene rings is 1. The number of hydrogen-bond acceptors (Lipinski definition) is 2. The molecule has 0 spiro atoms. The molecule has 5 heteroatoms. The molecule has 0 aromatic heterocycles. The van der Waals surface area contributed by atoms with Crippen molar-refractivity contribution in [3.05, 3.63) is 35.1 Å². The highest BCUT2D eigenvalue weighted by Gasteiger charge is 2.27. The van der Waals surface area contributed by atoms with E-state index in [0.29, 0.717) is 16.1 Å². The van der Waals surface area contributed by atoms with Crippen molar-refractivity contribution in [1.29, 1.82) is 0 Å². The number of aryl methyl sites for hydroxylation is 1. The van der Waals surface area contributed by atoms with Gasteiger partial charge < -0.3 is 11.1 Å². The van der Waals surface area contributed by atoms with Gasteiger partial charge in [-0.1, -0.05) is 31.5 Å². The molecule has 21 heavy (non-hydrogen) atoms. The number of rotatable bonds is 4. The first-order valence-electron chi connectivity index (χ1n) is 7.35. The Bertz CT molecular complexity index is 521. The van der Waals surface area contributed by atoms with Gasteiger partial charge in [0.2, 0.25) is 0 Å². The molecule has 1 aromatic carbocycles. The summed E-state index contributed by atoms with van der Waals surface area (Å²) in [6, 6.07) is 3.98. The van der Waals surface area contributed by atoms with Crippen LogP contribution in [0.5, 0.6) is 0 Å². The van der Waals surface area contributed by atoms with Crippen molar-refractivity contribution < 1.29 is 9.18 Å². The lowest BCUT2D eigenvalue weighted by molar-refractivity contribution is 0.0931. The van der Waals surface area contributed by atoms with Gasteiger partial charge in [0, 0.05) is 5.56 Å². The maximum atomic E-state index is 13.4. The van der Waals surface area contributed by atoms with Gasteiger partial charge in [-0.15, -0.1) is 0 Å². The summed E-state index contributed by atoms with van der Waals surface area (Å²) in [6.45, 7) is 1.76. The zero-order valence-electron chi connectivity index (χ0n) is 12.2. The summed E-state index contributed by atoms with van der Waals surface area (Å²) in [5.74, 6) is -0.444. The third-order valence-corrected chi connectivity index (χ3v) is 4.27. The Labute approximate surface area is 130 Å². The van der Waals surface area contributed by atoms with E-state index < -0.39 is 5.82 Å². The van der Waals surface area contributed by atoms with Gasteiger partial charge in [-0.3, -0.25) is 4.79 Å². The van der Waals surface area contributed by atoms with Crippen LogP contribution in [0.3, 0.4) is 0 Å². The molecule has 1 atom stereocenters. The highest BCUT2D eigenvalue weighted by atomic mass is 32.1. The highest BCUT2D eigenvalue weighted by Crippen LogP contribution is 2.27. The number of carbonyl (C=O) groups excluding carboxylic acids is 1. The van der Waals surface area contributed by atoms with Crippen LogP contribution in [0.25, 0.3) is 0 Å². The number of thiocarbonyl (C=S) groups is 1. The summed E-state index contributed by atoms with van der Waals surface area (Å²) < 4.78 is 13.4. The van der Waals surface area contributed by atoms with Crippen molar-refractivity contribution >= 4 is 23.1 Å². The van der Waals surface area contributed by atoms with E-state index in [1.807, 2.05) is 0 Å². The van der Waals surface area contributed by atoms with Gasteiger partial charge in [0.05, 0.1) is 11.0 Å². The van der Waals surface area contributed by atoms with Gasteiger partial charge in [0.15, 0.2) is 0 Å². The minimum atomic E-state index is -0.412. The Morgan fingerprint density at radius 2 is 2.00 bits per heavy atom. The molecular weight excluding hydrogens is 287 g/mol. The number of nitrogens with two attached hydrogens (primary N) is 1. The zero-order valence-corrected chi connectivity index (χ0v) is 13.0. The molecule has 1 aliphatic rings. The van der Waals surface area contributed by atoms with E-state index in [2.05, 4.69) is 5.32 Å². The Morgan fingerprint density at radius 3 is 2.57 bits per heavy atom. The van der Waals surface area contributed by atoms with E-state index in [-0.39, 0.29) is 17.9 Å². The summed E-state index contributed by atoms with van der Waals surface area (Å²) in [5.41, 5.74) is 6.82. The van der Waals surface area contributed by atoms with Crippen molar-refractivity contribution in [2.45, 2.75) is 45.1 Å². The number of amides is 1. The molecule has 0 heterocycles. The lowest BCUT2D eigenvalue weighted by atomic mass is 9.83. The Balaban J connectivity index is 2.12. The van der Waals surface area contributed by atoms with Gasteiger partial charge in [-0.25, -0.2) is 4.39 Å². The summed E-state index contributed by atoms with van der Waals surface area (Å²) in [5, 5.41) is 2.89. The van der Waals surface area contributed by atoms with Crippen LogP contribution in [0, 0.1) is 18.7 Å². The minimum Gasteiger partial charge on any atom is -0.392 e. The standard InChI is InChI=1S/C16H21FN2OS/c1-10-7-12(9-13(17)8-10)16(20)19-14(15(18)21)11-5-3-2-4-6-11/h7-9,11,14H,2-6H2,1H3,(H2,18,21)(H,19,20). The fourth-order valence-corrected chi connectivity index (χ4v) is 3.23. The van der Waals surface area contributed by atoms with Gasteiger partial charge in [0.25, 0.3) is 5.91 Å². The molecule has 1 amide bonds. The van der Waals surface area contributed by atoms with Crippen molar-refractivity contribution in [2.24, 2.45) is 11.7 Å². The van der Waals surface area contributed by atoms with E-state index in [1.165, 1.54) is 18.6 Å². The highest BCUT2D eigenvalue weighted by molar-refractivity contribution is 7.80. The fraction of sp³-hybridized carbons (Fsp3) is 0.500. The number of nitrogens with one attached hydrogen (secondary N) is 1. The van der Waals surface area contributed by atoms with E-state index in [1.54, 1.807) is 13.0 Å². The van der Waals surface area contributed by atoms with E-state index in [0.717, 1.165) is 25.7 Å². The van der Waals surface area contributed by atoms with Crippen molar-refractivity contribution in [3.63, 3.8) is 0 Å². The number of hydrogen-bond donors (Lipinski definition) is 2. The van der Waals surface area contributed by atoms with Crippen LogP contribution >= 0.6 is 12.2 Å². The van der Waals surface area contributed by atoms with Crippen LogP contribution in [-0.2, 0) is 0 Å². The molecule has 3 nitrogen and oxygen atoms in total. The normalized spacial score (nSPS) is 17.2.